The van der Waals surface area contributed by atoms with Crippen LogP contribution in [0, 0.1) is 6.92 Å². The zero-order chi connectivity index (χ0) is 9.35. The highest BCUT2D eigenvalue weighted by molar-refractivity contribution is 7.90. The van der Waals surface area contributed by atoms with Gasteiger partial charge in [0.2, 0.25) is 11.8 Å². The molecular formula is C6H10N2O3S. The average molecular weight is 190 g/mol. The van der Waals surface area contributed by atoms with E-state index in [2.05, 4.69) is 10.2 Å². The molecule has 6 heteroatoms. The lowest BCUT2D eigenvalue weighted by Crippen LogP contribution is -2.07. The zero-order valence-electron chi connectivity index (χ0n) is 7.10. The number of nitrogens with zero attached hydrogens (tertiary/aromatic N) is 2. The molecule has 1 atom stereocenters. The van der Waals surface area contributed by atoms with Crippen molar-refractivity contribution < 1.29 is 12.8 Å². The Labute approximate surface area is 70.7 Å². The van der Waals surface area contributed by atoms with Crippen molar-refractivity contribution in [1.82, 2.24) is 10.2 Å². The van der Waals surface area contributed by atoms with E-state index >= 15 is 0 Å². The zero-order valence-corrected chi connectivity index (χ0v) is 7.92. The van der Waals surface area contributed by atoms with Gasteiger partial charge in [-0.05, 0) is 6.92 Å². The van der Waals surface area contributed by atoms with Crippen molar-refractivity contribution in [2.45, 2.75) is 19.1 Å². The van der Waals surface area contributed by atoms with Crippen molar-refractivity contribution >= 4 is 9.84 Å². The Hall–Kier alpha value is -0.910. The van der Waals surface area contributed by atoms with Gasteiger partial charge in [-0.25, -0.2) is 8.42 Å². The summed E-state index contributed by atoms with van der Waals surface area (Å²) < 4.78 is 27.0. The minimum atomic E-state index is -3.14. The highest BCUT2D eigenvalue weighted by atomic mass is 32.2. The molecule has 0 saturated carbocycles. The maximum absolute atomic E-state index is 11.0. The van der Waals surface area contributed by atoms with Crippen LogP contribution in [-0.4, -0.2) is 24.9 Å². The Morgan fingerprint density at radius 3 is 2.33 bits per heavy atom. The first kappa shape index (κ1) is 9.18. The molecule has 1 rings (SSSR count). The van der Waals surface area contributed by atoms with Crippen molar-refractivity contribution in [2.75, 3.05) is 6.26 Å². The van der Waals surface area contributed by atoms with Crippen LogP contribution < -0.4 is 0 Å². The number of hydrogen-bond donors (Lipinski definition) is 0. The molecule has 0 N–H and O–H groups in total. The number of rotatable bonds is 2. The van der Waals surface area contributed by atoms with E-state index in [1.165, 1.54) is 6.92 Å². The average Bonchev–Trinajstić information content (AvgIpc) is 2.32. The van der Waals surface area contributed by atoms with Crippen molar-refractivity contribution in [2.24, 2.45) is 0 Å². The minimum absolute atomic E-state index is 0.148. The molecule has 12 heavy (non-hydrogen) atoms. The van der Waals surface area contributed by atoms with Crippen LogP contribution in [0.3, 0.4) is 0 Å². The molecule has 0 aliphatic rings. The molecule has 0 saturated heterocycles. The van der Waals surface area contributed by atoms with E-state index in [1.54, 1.807) is 6.92 Å². The summed E-state index contributed by atoms with van der Waals surface area (Å²) >= 11 is 0. The SMILES string of the molecule is Cc1nnc(C(C)S(C)(=O)=O)o1. The summed E-state index contributed by atoms with van der Waals surface area (Å²) in [5.74, 6) is 0.524. The third-order valence-electron chi connectivity index (χ3n) is 1.53. The third-order valence-corrected chi connectivity index (χ3v) is 3.02. The van der Waals surface area contributed by atoms with Gasteiger partial charge in [0.1, 0.15) is 5.25 Å². The molecule has 0 fully saturated rings. The minimum Gasteiger partial charge on any atom is -0.424 e. The smallest absolute Gasteiger partial charge is 0.234 e. The number of hydrogen-bond acceptors (Lipinski definition) is 5. The van der Waals surface area contributed by atoms with Crippen LogP contribution >= 0.6 is 0 Å². The van der Waals surface area contributed by atoms with Crippen molar-refractivity contribution in [1.29, 1.82) is 0 Å². The molecule has 68 valence electrons. The molecule has 0 radical (unpaired) electrons. The van der Waals surface area contributed by atoms with Gasteiger partial charge < -0.3 is 4.42 Å². The molecule has 1 unspecified atom stereocenters. The highest BCUT2D eigenvalue weighted by Gasteiger charge is 2.22. The van der Waals surface area contributed by atoms with Crippen LogP contribution in [0.4, 0.5) is 0 Å². The van der Waals surface area contributed by atoms with E-state index in [1.807, 2.05) is 0 Å². The van der Waals surface area contributed by atoms with E-state index in [0.29, 0.717) is 5.89 Å². The summed E-state index contributed by atoms with van der Waals surface area (Å²) in [5.41, 5.74) is 0. The van der Waals surface area contributed by atoms with E-state index in [0.717, 1.165) is 6.26 Å². The predicted octanol–water partition coefficient (Wildman–Crippen LogP) is 0.484. The Morgan fingerprint density at radius 2 is 2.00 bits per heavy atom. The summed E-state index contributed by atoms with van der Waals surface area (Å²) in [6, 6.07) is 0. The van der Waals surface area contributed by atoms with Gasteiger partial charge in [0.05, 0.1) is 0 Å². The van der Waals surface area contributed by atoms with Crippen molar-refractivity contribution in [3.05, 3.63) is 11.8 Å². The molecule has 0 amide bonds. The summed E-state index contributed by atoms with van der Waals surface area (Å²) in [6.45, 7) is 3.13. The fourth-order valence-electron chi connectivity index (χ4n) is 0.659. The summed E-state index contributed by atoms with van der Waals surface area (Å²) in [5, 5.41) is 6.43. The highest BCUT2D eigenvalue weighted by Crippen LogP contribution is 2.18. The van der Waals surface area contributed by atoms with E-state index < -0.39 is 15.1 Å². The molecular weight excluding hydrogens is 180 g/mol. The van der Waals surface area contributed by atoms with E-state index in [-0.39, 0.29) is 5.89 Å². The van der Waals surface area contributed by atoms with Crippen LogP contribution in [0.2, 0.25) is 0 Å². The predicted molar refractivity (Wildman–Crippen MR) is 42.3 cm³/mol. The first-order valence-corrected chi connectivity index (χ1v) is 5.35. The van der Waals surface area contributed by atoms with Gasteiger partial charge in [-0.15, -0.1) is 10.2 Å². The molecule has 1 heterocycles. The van der Waals surface area contributed by atoms with Gasteiger partial charge in [0.15, 0.2) is 9.84 Å². The summed E-state index contributed by atoms with van der Waals surface area (Å²) in [6.07, 6.45) is 1.14. The second kappa shape index (κ2) is 2.85. The molecule has 1 aromatic rings. The quantitative estimate of drug-likeness (QED) is 0.678. The summed E-state index contributed by atoms with van der Waals surface area (Å²) in [4.78, 5) is 0. The summed E-state index contributed by atoms with van der Waals surface area (Å²) in [7, 11) is -3.14. The van der Waals surface area contributed by atoms with E-state index in [4.69, 9.17) is 4.42 Å². The molecule has 0 aliphatic heterocycles. The van der Waals surface area contributed by atoms with Crippen LogP contribution in [0.25, 0.3) is 0 Å². The first-order chi connectivity index (χ1) is 5.41. The lowest BCUT2D eigenvalue weighted by atomic mass is 10.5. The number of aryl methyl sites for hydroxylation is 1. The van der Waals surface area contributed by atoms with Crippen LogP contribution in [-0.2, 0) is 9.84 Å². The van der Waals surface area contributed by atoms with Crippen molar-refractivity contribution in [3.8, 4) is 0 Å². The van der Waals surface area contributed by atoms with Gasteiger partial charge in [-0.3, -0.25) is 0 Å². The Morgan fingerprint density at radius 1 is 1.42 bits per heavy atom. The lowest BCUT2D eigenvalue weighted by molar-refractivity contribution is 0.462. The molecule has 0 aromatic carbocycles. The maximum Gasteiger partial charge on any atom is 0.234 e. The maximum atomic E-state index is 11.0. The Kier molecular flexibility index (Phi) is 2.18. The number of sulfone groups is 1. The van der Waals surface area contributed by atoms with Gasteiger partial charge in [0, 0.05) is 13.2 Å². The monoisotopic (exact) mass is 190 g/mol. The largest absolute Gasteiger partial charge is 0.424 e. The lowest BCUT2D eigenvalue weighted by Gasteiger charge is -2.01. The van der Waals surface area contributed by atoms with Gasteiger partial charge >= 0.3 is 0 Å². The molecule has 1 aromatic heterocycles. The standard InChI is InChI=1S/C6H10N2O3S/c1-4(12(3,9)10)6-8-7-5(2)11-6/h4H,1-3H3. The second-order valence-corrected chi connectivity index (χ2v) is 5.00. The Bertz CT molecular complexity index is 368. The second-order valence-electron chi connectivity index (χ2n) is 2.63. The van der Waals surface area contributed by atoms with Crippen LogP contribution in [0.1, 0.15) is 24.0 Å². The van der Waals surface area contributed by atoms with Gasteiger partial charge in [0.25, 0.3) is 0 Å². The molecule has 0 bridgehead atoms. The Balaban J connectivity index is 3.01. The molecule has 5 nitrogen and oxygen atoms in total. The van der Waals surface area contributed by atoms with Gasteiger partial charge in [-0.1, -0.05) is 0 Å². The van der Waals surface area contributed by atoms with Crippen LogP contribution in [0.15, 0.2) is 4.42 Å². The third kappa shape index (κ3) is 1.82. The first-order valence-electron chi connectivity index (χ1n) is 3.40. The normalized spacial score (nSPS) is 14.6. The topological polar surface area (TPSA) is 73.1 Å². The molecule has 0 aliphatic carbocycles. The number of aromatic nitrogens is 2. The molecule has 0 spiro atoms. The fourth-order valence-corrected chi connectivity index (χ4v) is 1.12. The van der Waals surface area contributed by atoms with Gasteiger partial charge in [-0.2, -0.15) is 0 Å². The van der Waals surface area contributed by atoms with Crippen LogP contribution in [0.5, 0.6) is 0 Å². The van der Waals surface area contributed by atoms with E-state index in [9.17, 15) is 8.42 Å². The fraction of sp³-hybridized carbons (Fsp3) is 0.667. The van der Waals surface area contributed by atoms with Crippen molar-refractivity contribution in [3.63, 3.8) is 0 Å².